The molecule has 0 amide bonds. The fourth-order valence-corrected chi connectivity index (χ4v) is 4.70. The van der Waals surface area contributed by atoms with Crippen LogP contribution in [0.25, 0.3) is 22.2 Å². The summed E-state index contributed by atoms with van der Waals surface area (Å²) in [5, 5.41) is 0.874. The highest BCUT2D eigenvalue weighted by atomic mass is 32.2. The van der Waals surface area contributed by atoms with E-state index >= 15 is 0 Å². The summed E-state index contributed by atoms with van der Waals surface area (Å²) in [7, 11) is -2.14. The molecule has 0 aliphatic carbocycles. The molecule has 0 N–H and O–H groups in total. The minimum Gasteiger partial charge on any atom is -0.497 e. The van der Waals surface area contributed by atoms with Gasteiger partial charge in [0.25, 0.3) is 10.0 Å². The molecule has 0 bridgehead atoms. The number of methoxy groups -OCH3 is 1. The minimum absolute atomic E-state index is 0.268. The van der Waals surface area contributed by atoms with Gasteiger partial charge >= 0.3 is 0 Å². The Morgan fingerprint density at radius 1 is 0.852 bits per heavy atom. The zero-order valence-electron chi connectivity index (χ0n) is 15.1. The highest BCUT2D eigenvalue weighted by Crippen LogP contribution is 2.33. The summed E-state index contributed by atoms with van der Waals surface area (Å²) in [6.07, 6.45) is 0. The number of ether oxygens (including phenoxy) is 1. The fraction of sp³-hybridized carbons (Fsp3) is 0.0909. The first kappa shape index (κ1) is 17.4. The number of aromatic nitrogens is 1. The van der Waals surface area contributed by atoms with Gasteiger partial charge in [-0.05, 0) is 61.0 Å². The first-order valence-corrected chi connectivity index (χ1v) is 10.0. The monoisotopic (exact) mass is 377 g/mol. The molecule has 1 aromatic heterocycles. The maximum Gasteiger partial charge on any atom is 0.268 e. The van der Waals surface area contributed by atoms with Crippen LogP contribution in [0.1, 0.15) is 5.56 Å². The van der Waals surface area contributed by atoms with Crippen LogP contribution >= 0.6 is 0 Å². The van der Waals surface area contributed by atoms with Crippen molar-refractivity contribution >= 4 is 20.9 Å². The maximum absolute atomic E-state index is 13.5. The first-order valence-electron chi connectivity index (χ1n) is 8.58. The standard InChI is InChI=1S/C22H19NO3S/c1-16-7-13-20(14-8-16)27(24,25)23-21-6-4-3-5-18(21)15-22(23)17-9-11-19(26-2)12-10-17/h3-15H,1-2H3. The van der Waals surface area contributed by atoms with E-state index in [4.69, 9.17) is 4.74 Å². The van der Waals surface area contributed by atoms with Crippen LogP contribution in [0.2, 0.25) is 0 Å². The molecule has 4 rings (SSSR count). The van der Waals surface area contributed by atoms with Crippen LogP contribution in [-0.4, -0.2) is 19.5 Å². The van der Waals surface area contributed by atoms with Crippen LogP contribution < -0.4 is 4.74 Å². The molecule has 0 atom stereocenters. The Morgan fingerprint density at radius 3 is 2.19 bits per heavy atom. The van der Waals surface area contributed by atoms with Gasteiger partial charge in [-0.2, -0.15) is 0 Å². The van der Waals surface area contributed by atoms with Gasteiger partial charge in [0.2, 0.25) is 0 Å². The van der Waals surface area contributed by atoms with Gasteiger partial charge < -0.3 is 4.74 Å². The van der Waals surface area contributed by atoms with Crippen molar-refractivity contribution < 1.29 is 13.2 Å². The summed E-state index contributed by atoms with van der Waals surface area (Å²) in [4.78, 5) is 0.268. The molecule has 4 aromatic rings. The van der Waals surface area contributed by atoms with Crippen LogP contribution in [0.3, 0.4) is 0 Å². The van der Waals surface area contributed by atoms with E-state index in [-0.39, 0.29) is 4.90 Å². The normalized spacial score (nSPS) is 11.6. The molecule has 3 aromatic carbocycles. The van der Waals surface area contributed by atoms with Crippen LogP contribution in [0.15, 0.2) is 83.8 Å². The van der Waals surface area contributed by atoms with Gasteiger partial charge in [0.05, 0.1) is 23.2 Å². The Labute approximate surface area is 158 Å². The second-order valence-electron chi connectivity index (χ2n) is 6.40. The van der Waals surface area contributed by atoms with E-state index in [9.17, 15) is 8.42 Å². The van der Waals surface area contributed by atoms with Crippen LogP contribution in [0, 0.1) is 6.92 Å². The Kier molecular flexibility index (Phi) is 4.24. The van der Waals surface area contributed by atoms with Crippen molar-refractivity contribution in [2.75, 3.05) is 7.11 Å². The predicted octanol–water partition coefficient (Wildman–Crippen LogP) is 4.86. The molecule has 0 unspecified atom stereocenters. The number of para-hydroxylation sites is 1. The molecular formula is C22H19NO3S. The largest absolute Gasteiger partial charge is 0.497 e. The molecule has 0 aliphatic heterocycles. The number of hydrogen-bond donors (Lipinski definition) is 0. The molecule has 1 heterocycles. The summed E-state index contributed by atoms with van der Waals surface area (Å²) < 4.78 is 33.6. The highest BCUT2D eigenvalue weighted by molar-refractivity contribution is 7.90. The van der Waals surface area contributed by atoms with Crippen LogP contribution in [0.5, 0.6) is 5.75 Å². The van der Waals surface area contributed by atoms with Crippen molar-refractivity contribution in [1.82, 2.24) is 3.97 Å². The van der Waals surface area contributed by atoms with Crippen molar-refractivity contribution in [1.29, 1.82) is 0 Å². The lowest BCUT2D eigenvalue weighted by Gasteiger charge is -2.13. The summed E-state index contributed by atoms with van der Waals surface area (Å²) in [6, 6.07) is 23.7. The molecule has 4 nitrogen and oxygen atoms in total. The zero-order valence-corrected chi connectivity index (χ0v) is 15.9. The highest BCUT2D eigenvalue weighted by Gasteiger charge is 2.23. The number of aryl methyl sites for hydroxylation is 1. The average Bonchev–Trinajstić information content (AvgIpc) is 3.09. The molecule has 136 valence electrons. The second kappa shape index (κ2) is 6.59. The number of nitrogens with zero attached hydrogens (tertiary/aromatic N) is 1. The van der Waals surface area contributed by atoms with E-state index in [1.807, 2.05) is 73.7 Å². The fourth-order valence-electron chi connectivity index (χ4n) is 3.17. The molecule has 0 radical (unpaired) electrons. The van der Waals surface area contributed by atoms with E-state index in [2.05, 4.69) is 0 Å². The molecule has 0 fully saturated rings. The molecule has 27 heavy (non-hydrogen) atoms. The number of fused-ring (bicyclic) bond motifs is 1. The quantitative estimate of drug-likeness (QED) is 0.510. The molecule has 0 saturated carbocycles. The minimum atomic E-state index is -3.75. The van der Waals surface area contributed by atoms with Crippen molar-refractivity contribution in [2.45, 2.75) is 11.8 Å². The van der Waals surface area contributed by atoms with Gasteiger partial charge in [-0.15, -0.1) is 0 Å². The third-order valence-corrected chi connectivity index (χ3v) is 6.35. The van der Waals surface area contributed by atoms with E-state index in [1.165, 1.54) is 3.97 Å². The molecule has 5 heteroatoms. The van der Waals surface area contributed by atoms with Gasteiger partial charge in [0.15, 0.2) is 0 Å². The van der Waals surface area contributed by atoms with Gasteiger partial charge in [0.1, 0.15) is 5.75 Å². The Bertz CT molecular complexity index is 1200. The summed E-state index contributed by atoms with van der Waals surface area (Å²) >= 11 is 0. The summed E-state index contributed by atoms with van der Waals surface area (Å²) in [5.41, 5.74) is 3.10. The molecular weight excluding hydrogens is 358 g/mol. The Morgan fingerprint density at radius 2 is 1.52 bits per heavy atom. The maximum atomic E-state index is 13.5. The average molecular weight is 377 g/mol. The lowest BCUT2D eigenvalue weighted by atomic mass is 10.1. The molecule has 0 aliphatic rings. The van der Waals surface area contributed by atoms with Gasteiger partial charge in [-0.25, -0.2) is 12.4 Å². The first-order chi connectivity index (χ1) is 13.0. The topological polar surface area (TPSA) is 48.3 Å². The van der Waals surface area contributed by atoms with E-state index in [0.29, 0.717) is 11.2 Å². The number of rotatable bonds is 4. The predicted molar refractivity (Wildman–Crippen MR) is 108 cm³/mol. The van der Waals surface area contributed by atoms with Crippen LogP contribution in [-0.2, 0) is 10.0 Å². The zero-order chi connectivity index (χ0) is 19.0. The summed E-state index contributed by atoms with van der Waals surface area (Å²) in [5.74, 6) is 0.725. The molecule has 0 saturated heterocycles. The summed E-state index contributed by atoms with van der Waals surface area (Å²) in [6.45, 7) is 1.93. The van der Waals surface area contributed by atoms with E-state index in [1.54, 1.807) is 19.2 Å². The Hall–Kier alpha value is -3.05. The van der Waals surface area contributed by atoms with Crippen LogP contribution in [0.4, 0.5) is 0 Å². The second-order valence-corrected chi connectivity index (χ2v) is 8.19. The Balaban J connectivity index is 1.99. The van der Waals surface area contributed by atoms with Gasteiger partial charge in [0, 0.05) is 5.39 Å². The lowest BCUT2D eigenvalue weighted by molar-refractivity contribution is 0.415. The van der Waals surface area contributed by atoms with Gasteiger partial charge in [-0.3, -0.25) is 0 Å². The van der Waals surface area contributed by atoms with Gasteiger partial charge in [-0.1, -0.05) is 35.9 Å². The van der Waals surface area contributed by atoms with E-state index < -0.39 is 10.0 Å². The smallest absolute Gasteiger partial charge is 0.268 e. The third kappa shape index (κ3) is 3.00. The SMILES string of the molecule is COc1ccc(-c2cc3ccccc3n2S(=O)(=O)c2ccc(C)cc2)cc1. The van der Waals surface area contributed by atoms with Crippen molar-refractivity contribution in [3.63, 3.8) is 0 Å². The van der Waals surface area contributed by atoms with Crippen molar-refractivity contribution in [3.05, 3.63) is 84.4 Å². The number of benzene rings is 3. The van der Waals surface area contributed by atoms with Crippen molar-refractivity contribution in [2.24, 2.45) is 0 Å². The number of hydrogen-bond acceptors (Lipinski definition) is 3. The molecule has 0 spiro atoms. The third-order valence-electron chi connectivity index (χ3n) is 4.61. The lowest BCUT2D eigenvalue weighted by Crippen LogP contribution is -2.14. The van der Waals surface area contributed by atoms with Crippen molar-refractivity contribution in [3.8, 4) is 17.0 Å². The van der Waals surface area contributed by atoms with E-state index in [0.717, 1.165) is 22.3 Å².